The minimum atomic E-state index is -0.135. The minimum Gasteiger partial charge on any atom is -0.497 e. The highest BCUT2D eigenvalue weighted by molar-refractivity contribution is 9.10. The Labute approximate surface area is 249 Å². The highest BCUT2D eigenvalue weighted by atomic mass is 79.9. The fraction of sp³-hybridized carbons (Fsp3) is 0.235. The molecule has 2 atom stereocenters. The summed E-state index contributed by atoms with van der Waals surface area (Å²) in [7, 11) is 10.0. The molecule has 0 fully saturated rings. The smallest absolute Gasteiger partial charge is 0.137 e. The van der Waals surface area contributed by atoms with Gasteiger partial charge in [0.15, 0.2) is 0 Å². The third-order valence-electron chi connectivity index (χ3n) is 7.59. The van der Waals surface area contributed by atoms with Crippen molar-refractivity contribution >= 4 is 27.6 Å². The van der Waals surface area contributed by atoms with Crippen LogP contribution in [0.1, 0.15) is 39.7 Å². The van der Waals surface area contributed by atoms with Crippen molar-refractivity contribution in [2.45, 2.75) is 11.8 Å². The van der Waals surface area contributed by atoms with Crippen molar-refractivity contribution in [1.29, 1.82) is 0 Å². The fourth-order valence-electron chi connectivity index (χ4n) is 5.63. The summed E-state index contributed by atoms with van der Waals surface area (Å²) in [4.78, 5) is 0. The Morgan fingerprint density at radius 3 is 1.59 bits per heavy atom. The quantitative estimate of drug-likeness (QED) is 0.190. The Morgan fingerprint density at radius 2 is 1.07 bits per heavy atom. The van der Waals surface area contributed by atoms with Crippen molar-refractivity contribution < 1.29 is 28.4 Å². The second-order valence-corrected chi connectivity index (χ2v) is 10.4. The van der Waals surface area contributed by atoms with Crippen LogP contribution in [-0.2, 0) is 0 Å². The SMILES string of the molecule is COc1ccc(/C=C2/c3c(Br)c(OC)cc(OC)c3[C@H](c3cc(OC)cc(OC)c3)[C@H]2c2ccc(OC)cc2)cc1. The van der Waals surface area contributed by atoms with E-state index in [2.05, 4.69) is 58.4 Å². The van der Waals surface area contributed by atoms with Gasteiger partial charge in [0.1, 0.15) is 34.5 Å². The van der Waals surface area contributed by atoms with E-state index in [0.29, 0.717) is 17.2 Å². The van der Waals surface area contributed by atoms with Gasteiger partial charge in [-0.2, -0.15) is 0 Å². The van der Waals surface area contributed by atoms with Crippen molar-refractivity contribution in [3.8, 4) is 34.5 Å². The molecule has 1 aliphatic carbocycles. The standard InChI is InChI=1S/C34H33BrO6/c1-36-23-11-7-20(8-12-23)15-27-30(21-9-13-24(37-2)14-10-21)31(22-16-25(38-3)18-26(17-22)39-4)33-28(40-5)19-29(41-6)34(35)32(27)33/h7-19,30-31H,1-6H3/b27-15+/t30-,31+/m0/s1. The van der Waals surface area contributed by atoms with Crippen LogP contribution >= 0.6 is 15.9 Å². The number of fused-ring (bicyclic) bond motifs is 1. The predicted octanol–water partition coefficient (Wildman–Crippen LogP) is 7.97. The molecular formula is C34H33BrO6. The largest absolute Gasteiger partial charge is 0.497 e. The van der Waals surface area contributed by atoms with Crippen LogP contribution in [0.25, 0.3) is 11.6 Å². The molecule has 0 amide bonds. The van der Waals surface area contributed by atoms with E-state index in [0.717, 1.165) is 55.1 Å². The molecule has 41 heavy (non-hydrogen) atoms. The predicted molar refractivity (Wildman–Crippen MR) is 165 cm³/mol. The van der Waals surface area contributed by atoms with E-state index in [1.54, 1.807) is 42.7 Å². The molecule has 5 rings (SSSR count). The number of benzene rings is 4. The molecule has 0 radical (unpaired) electrons. The lowest BCUT2D eigenvalue weighted by Gasteiger charge is -2.25. The van der Waals surface area contributed by atoms with Crippen LogP contribution in [0, 0.1) is 0 Å². The highest BCUT2D eigenvalue weighted by Gasteiger charge is 2.43. The number of rotatable bonds is 9. The first kappa shape index (κ1) is 28.4. The lowest BCUT2D eigenvalue weighted by molar-refractivity contribution is 0.387. The van der Waals surface area contributed by atoms with Gasteiger partial charge in [-0.25, -0.2) is 0 Å². The Balaban J connectivity index is 1.86. The first-order valence-electron chi connectivity index (χ1n) is 13.1. The van der Waals surface area contributed by atoms with Crippen molar-refractivity contribution in [3.05, 3.63) is 105 Å². The van der Waals surface area contributed by atoms with Crippen molar-refractivity contribution in [3.63, 3.8) is 0 Å². The number of hydrogen-bond donors (Lipinski definition) is 0. The Hall–Kier alpha value is -4.10. The van der Waals surface area contributed by atoms with Gasteiger partial charge in [0.2, 0.25) is 0 Å². The third-order valence-corrected chi connectivity index (χ3v) is 8.37. The molecule has 4 aromatic rings. The van der Waals surface area contributed by atoms with Crippen molar-refractivity contribution in [1.82, 2.24) is 0 Å². The van der Waals surface area contributed by atoms with Crippen LogP contribution < -0.4 is 28.4 Å². The van der Waals surface area contributed by atoms with Crippen LogP contribution in [0.15, 0.2) is 77.3 Å². The summed E-state index contributed by atoms with van der Waals surface area (Å²) >= 11 is 3.90. The third kappa shape index (κ3) is 5.34. The average molecular weight is 618 g/mol. The normalized spacial score (nSPS) is 16.7. The van der Waals surface area contributed by atoms with Crippen LogP contribution in [-0.4, -0.2) is 42.7 Å². The van der Waals surface area contributed by atoms with Gasteiger partial charge in [0.05, 0.1) is 47.1 Å². The van der Waals surface area contributed by atoms with Gasteiger partial charge < -0.3 is 28.4 Å². The van der Waals surface area contributed by atoms with Crippen LogP contribution in [0.2, 0.25) is 0 Å². The van der Waals surface area contributed by atoms with Gasteiger partial charge >= 0.3 is 0 Å². The summed E-state index contributed by atoms with van der Waals surface area (Å²) in [6.07, 6.45) is 2.23. The van der Waals surface area contributed by atoms with E-state index in [-0.39, 0.29) is 11.8 Å². The zero-order chi connectivity index (χ0) is 29.1. The summed E-state index contributed by atoms with van der Waals surface area (Å²) in [5.74, 6) is 4.24. The van der Waals surface area contributed by atoms with E-state index in [1.165, 1.54) is 0 Å². The summed E-state index contributed by atoms with van der Waals surface area (Å²) in [6.45, 7) is 0. The van der Waals surface area contributed by atoms with Crippen molar-refractivity contribution in [2.75, 3.05) is 42.7 Å². The van der Waals surface area contributed by atoms with Crippen LogP contribution in [0.5, 0.6) is 34.5 Å². The maximum Gasteiger partial charge on any atom is 0.137 e. The molecule has 7 heteroatoms. The zero-order valence-corrected chi connectivity index (χ0v) is 25.6. The Bertz CT molecular complexity index is 1540. The number of methoxy groups -OCH3 is 6. The van der Waals surface area contributed by atoms with Crippen molar-refractivity contribution in [2.24, 2.45) is 0 Å². The molecule has 0 saturated carbocycles. The minimum absolute atomic E-state index is 0.0906. The molecule has 212 valence electrons. The molecule has 0 spiro atoms. The molecule has 0 aromatic heterocycles. The van der Waals surface area contributed by atoms with Gasteiger partial charge in [0, 0.05) is 35.1 Å². The molecule has 0 bridgehead atoms. The Kier molecular flexibility index (Phi) is 8.45. The molecule has 0 heterocycles. The van der Waals surface area contributed by atoms with Gasteiger partial charge in [-0.3, -0.25) is 0 Å². The average Bonchev–Trinajstić information content (AvgIpc) is 3.36. The Morgan fingerprint density at radius 1 is 0.537 bits per heavy atom. The molecule has 0 aliphatic heterocycles. The maximum absolute atomic E-state index is 6.04. The molecular weight excluding hydrogens is 584 g/mol. The van der Waals surface area contributed by atoms with E-state index < -0.39 is 0 Å². The lowest BCUT2D eigenvalue weighted by atomic mass is 9.79. The van der Waals surface area contributed by atoms with Gasteiger partial charge in [-0.05, 0) is 74.6 Å². The maximum atomic E-state index is 6.04. The number of hydrogen-bond acceptors (Lipinski definition) is 6. The first-order valence-corrected chi connectivity index (χ1v) is 13.9. The molecule has 0 N–H and O–H groups in total. The molecule has 0 saturated heterocycles. The van der Waals surface area contributed by atoms with Crippen LogP contribution in [0.4, 0.5) is 0 Å². The lowest BCUT2D eigenvalue weighted by Crippen LogP contribution is -2.09. The summed E-state index contributed by atoms with van der Waals surface area (Å²) in [5.41, 5.74) is 6.41. The molecule has 0 unspecified atom stereocenters. The number of halogens is 1. The van der Waals surface area contributed by atoms with Crippen LogP contribution in [0.3, 0.4) is 0 Å². The van der Waals surface area contributed by atoms with E-state index >= 15 is 0 Å². The monoisotopic (exact) mass is 616 g/mol. The van der Waals surface area contributed by atoms with Gasteiger partial charge in [-0.15, -0.1) is 0 Å². The van der Waals surface area contributed by atoms with Gasteiger partial charge in [0.25, 0.3) is 0 Å². The number of ether oxygens (including phenoxy) is 6. The second-order valence-electron chi connectivity index (χ2n) is 9.63. The zero-order valence-electron chi connectivity index (χ0n) is 24.0. The first-order chi connectivity index (χ1) is 20.0. The highest BCUT2D eigenvalue weighted by Crippen LogP contribution is 2.61. The fourth-order valence-corrected chi connectivity index (χ4v) is 6.35. The van der Waals surface area contributed by atoms with Gasteiger partial charge in [-0.1, -0.05) is 30.3 Å². The van der Waals surface area contributed by atoms with E-state index in [9.17, 15) is 0 Å². The summed E-state index contributed by atoms with van der Waals surface area (Å²) < 4.78 is 35.0. The summed E-state index contributed by atoms with van der Waals surface area (Å²) in [5, 5.41) is 0. The van der Waals surface area contributed by atoms with E-state index in [4.69, 9.17) is 28.4 Å². The topological polar surface area (TPSA) is 55.4 Å². The molecule has 4 aromatic carbocycles. The van der Waals surface area contributed by atoms with E-state index in [1.807, 2.05) is 36.4 Å². The summed E-state index contributed by atoms with van der Waals surface area (Å²) in [6, 6.07) is 24.3. The number of allylic oxidation sites excluding steroid dienone is 1. The molecule has 1 aliphatic rings. The molecule has 6 nitrogen and oxygen atoms in total. The second kappa shape index (κ2) is 12.2.